The van der Waals surface area contributed by atoms with Gasteiger partial charge in [0.15, 0.2) is 11.5 Å². The largest absolute Gasteiger partial charge is 0.493 e. The number of methoxy groups -OCH3 is 2. The summed E-state index contributed by atoms with van der Waals surface area (Å²) >= 11 is 0. The lowest BCUT2D eigenvalue weighted by Crippen LogP contribution is -2.33. The maximum atomic E-state index is 12.2. The number of esters is 1. The second-order valence-corrected chi connectivity index (χ2v) is 6.28. The molecule has 0 atom stereocenters. The maximum absolute atomic E-state index is 12.2. The van der Waals surface area contributed by atoms with Crippen LogP contribution in [0.4, 0.5) is 5.69 Å². The zero-order chi connectivity index (χ0) is 21.1. The molecule has 3 rings (SSSR count). The van der Waals surface area contributed by atoms with Crippen LogP contribution < -0.4 is 14.4 Å². The SMILES string of the molecule is CCOC(=O)/C(C#N)=C/c1ccc2n1-c1cc(OC)c(OC)cc1N(C(C)=O)C2. The van der Waals surface area contributed by atoms with Crippen molar-refractivity contribution in [3.8, 4) is 23.3 Å². The van der Waals surface area contributed by atoms with E-state index in [1.807, 2.05) is 16.7 Å². The van der Waals surface area contributed by atoms with Gasteiger partial charge >= 0.3 is 5.97 Å². The van der Waals surface area contributed by atoms with E-state index in [2.05, 4.69) is 0 Å². The molecule has 150 valence electrons. The zero-order valence-electron chi connectivity index (χ0n) is 16.7. The number of fused-ring (bicyclic) bond motifs is 3. The van der Waals surface area contributed by atoms with Gasteiger partial charge in [-0.2, -0.15) is 5.26 Å². The van der Waals surface area contributed by atoms with Gasteiger partial charge in [-0.3, -0.25) is 4.79 Å². The molecule has 2 heterocycles. The van der Waals surface area contributed by atoms with E-state index in [-0.39, 0.29) is 18.1 Å². The molecule has 1 aromatic heterocycles. The molecule has 0 saturated carbocycles. The lowest BCUT2D eigenvalue weighted by molar-refractivity contribution is -0.137. The lowest BCUT2D eigenvalue weighted by atomic mass is 10.1. The molecule has 0 radical (unpaired) electrons. The van der Waals surface area contributed by atoms with Crippen molar-refractivity contribution in [3.05, 3.63) is 41.2 Å². The molecule has 29 heavy (non-hydrogen) atoms. The van der Waals surface area contributed by atoms with Gasteiger partial charge in [0.05, 0.1) is 38.7 Å². The molecule has 0 fully saturated rings. The van der Waals surface area contributed by atoms with E-state index in [1.54, 1.807) is 30.0 Å². The van der Waals surface area contributed by atoms with Gasteiger partial charge in [-0.05, 0) is 25.1 Å². The fourth-order valence-corrected chi connectivity index (χ4v) is 3.30. The van der Waals surface area contributed by atoms with Crippen LogP contribution in [0.5, 0.6) is 11.5 Å². The van der Waals surface area contributed by atoms with Crippen LogP contribution in [0.3, 0.4) is 0 Å². The van der Waals surface area contributed by atoms with Crippen molar-refractivity contribution in [1.82, 2.24) is 4.57 Å². The molecule has 1 aliphatic heterocycles. The van der Waals surface area contributed by atoms with Crippen LogP contribution in [-0.2, 0) is 20.9 Å². The van der Waals surface area contributed by atoms with Crippen molar-refractivity contribution in [2.45, 2.75) is 20.4 Å². The average molecular weight is 395 g/mol. The molecule has 0 saturated heterocycles. The smallest absolute Gasteiger partial charge is 0.348 e. The van der Waals surface area contributed by atoms with Crippen molar-refractivity contribution in [1.29, 1.82) is 5.26 Å². The Balaban J connectivity index is 2.22. The van der Waals surface area contributed by atoms with Crippen molar-refractivity contribution in [3.63, 3.8) is 0 Å². The van der Waals surface area contributed by atoms with E-state index in [1.165, 1.54) is 27.2 Å². The van der Waals surface area contributed by atoms with Crippen molar-refractivity contribution >= 4 is 23.6 Å². The first-order chi connectivity index (χ1) is 13.9. The Kier molecular flexibility index (Phi) is 5.59. The van der Waals surface area contributed by atoms with Gasteiger partial charge in [-0.15, -0.1) is 0 Å². The highest BCUT2D eigenvalue weighted by molar-refractivity contribution is 5.98. The summed E-state index contributed by atoms with van der Waals surface area (Å²) in [5.41, 5.74) is 2.65. The first kappa shape index (κ1) is 20.0. The van der Waals surface area contributed by atoms with E-state index >= 15 is 0 Å². The van der Waals surface area contributed by atoms with E-state index < -0.39 is 5.97 Å². The monoisotopic (exact) mass is 395 g/mol. The Morgan fingerprint density at radius 2 is 1.83 bits per heavy atom. The van der Waals surface area contributed by atoms with Crippen LogP contribution in [0.15, 0.2) is 29.8 Å². The number of amides is 1. The summed E-state index contributed by atoms with van der Waals surface area (Å²) in [6.45, 7) is 3.69. The van der Waals surface area contributed by atoms with E-state index in [0.29, 0.717) is 35.1 Å². The highest BCUT2D eigenvalue weighted by atomic mass is 16.5. The average Bonchev–Trinajstić information content (AvgIpc) is 3.12. The number of benzene rings is 1. The molecule has 0 unspecified atom stereocenters. The number of nitrogens with zero attached hydrogens (tertiary/aromatic N) is 3. The third-order valence-electron chi connectivity index (χ3n) is 4.61. The first-order valence-corrected chi connectivity index (χ1v) is 8.99. The summed E-state index contributed by atoms with van der Waals surface area (Å²) in [6.07, 6.45) is 1.48. The van der Waals surface area contributed by atoms with Crippen LogP contribution in [0.25, 0.3) is 11.8 Å². The zero-order valence-corrected chi connectivity index (χ0v) is 16.7. The molecule has 0 N–H and O–H groups in total. The molecule has 0 spiro atoms. The third-order valence-corrected chi connectivity index (χ3v) is 4.61. The van der Waals surface area contributed by atoms with Crippen LogP contribution in [0.2, 0.25) is 0 Å². The Hall–Kier alpha value is -3.73. The van der Waals surface area contributed by atoms with Gasteiger partial charge in [0, 0.05) is 30.4 Å². The number of nitriles is 1. The Bertz CT molecular complexity index is 1050. The summed E-state index contributed by atoms with van der Waals surface area (Å²) in [4.78, 5) is 25.9. The number of carbonyl (C=O) groups is 2. The third kappa shape index (κ3) is 3.55. The second-order valence-electron chi connectivity index (χ2n) is 6.28. The van der Waals surface area contributed by atoms with Crippen LogP contribution >= 0.6 is 0 Å². The first-order valence-electron chi connectivity index (χ1n) is 8.99. The number of rotatable bonds is 5. The van der Waals surface area contributed by atoms with Crippen molar-refractivity contribution in [2.75, 3.05) is 25.7 Å². The Morgan fingerprint density at radius 3 is 2.38 bits per heavy atom. The number of carbonyl (C=O) groups excluding carboxylic acids is 2. The summed E-state index contributed by atoms with van der Waals surface area (Å²) in [7, 11) is 3.06. The second kappa shape index (κ2) is 8.10. The van der Waals surface area contributed by atoms with Crippen LogP contribution in [0.1, 0.15) is 25.2 Å². The quantitative estimate of drug-likeness (QED) is 0.439. The highest BCUT2D eigenvalue weighted by Crippen LogP contribution is 2.42. The van der Waals surface area contributed by atoms with Crippen molar-refractivity contribution in [2.24, 2.45) is 0 Å². The molecule has 0 aliphatic carbocycles. The minimum Gasteiger partial charge on any atom is -0.493 e. The number of hydrogen-bond acceptors (Lipinski definition) is 6. The standard InChI is InChI=1S/C21H21N3O5/c1-5-29-21(26)14(11-22)8-15-6-7-16-12-23(13(2)25)17-9-19(27-3)20(28-4)10-18(17)24(15)16/h6-10H,5,12H2,1-4H3/b14-8+. The molecular weight excluding hydrogens is 374 g/mol. The summed E-state index contributed by atoms with van der Waals surface area (Å²) in [5, 5.41) is 9.37. The minimum atomic E-state index is -0.681. The summed E-state index contributed by atoms with van der Waals surface area (Å²) < 4.78 is 17.6. The summed E-state index contributed by atoms with van der Waals surface area (Å²) in [5.74, 6) is 0.193. The molecule has 2 aromatic rings. The number of anilines is 1. The molecular formula is C21H21N3O5. The maximum Gasteiger partial charge on any atom is 0.348 e. The molecule has 0 bridgehead atoms. The number of hydrogen-bond donors (Lipinski definition) is 0. The lowest BCUT2D eigenvalue weighted by Gasteiger charge is -2.31. The van der Waals surface area contributed by atoms with E-state index in [4.69, 9.17) is 14.2 Å². The topological polar surface area (TPSA) is 93.8 Å². The number of ether oxygens (including phenoxy) is 3. The summed E-state index contributed by atoms with van der Waals surface area (Å²) in [6, 6.07) is 9.03. The molecule has 1 amide bonds. The fourth-order valence-electron chi connectivity index (χ4n) is 3.30. The van der Waals surface area contributed by atoms with Gasteiger partial charge in [-0.1, -0.05) is 0 Å². The predicted octanol–water partition coefficient (Wildman–Crippen LogP) is 2.83. The minimum absolute atomic E-state index is 0.108. The van der Waals surface area contributed by atoms with Crippen LogP contribution in [0, 0.1) is 11.3 Å². The molecule has 8 heteroatoms. The van der Waals surface area contributed by atoms with Gasteiger partial charge in [-0.25, -0.2) is 4.79 Å². The Labute approximate surface area is 168 Å². The van der Waals surface area contributed by atoms with Crippen LogP contribution in [-0.4, -0.2) is 37.3 Å². The molecule has 1 aromatic carbocycles. The predicted molar refractivity (Wildman–Crippen MR) is 106 cm³/mol. The highest BCUT2D eigenvalue weighted by Gasteiger charge is 2.28. The van der Waals surface area contributed by atoms with E-state index in [0.717, 1.165) is 5.69 Å². The fraction of sp³-hybridized carbons (Fsp3) is 0.286. The Morgan fingerprint density at radius 1 is 1.17 bits per heavy atom. The van der Waals surface area contributed by atoms with E-state index in [9.17, 15) is 14.9 Å². The van der Waals surface area contributed by atoms with Gasteiger partial charge in [0.2, 0.25) is 5.91 Å². The normalized spacial score (nSPS) is 12.5. The van der Waals surface area contributed by atoms with Gasteiger partial charge in [0.1, 0.15) is 11.6 Å². The van der Waals surface area contributed by atoms with Gasteiger partial charge < -0.3 is 23.7 Å². The van der Waals surface area contributed by atoms with Crippen molar-refractivity contribution < 1.29 is 23.8 Å². The van der Waals surface area contributed by atoms with Gasteiger partial charge in [0.25, 0.3) is 0 Å². The molecule has 1 aliphatic rings. The number of aromatic nitrogens is 1. The molecule has 8 nitrogen and oxygen atoms in total.